The fraction of sp³-hybridized carbons (Fsp3) is 0.273. The molecule has 1 aromatic heterocycles. The molecule has 0 spiro atoms. The van der Waals surface area contributed by atoms with Gasteiger partial charge in [-0.3, -0.25) is 10.2 Å². The number of hydrogen-bond donors (Lipinski definition) is 2. The molecule has 0 radical (unpaired) electrons. The van der Waals surface area contributed by atoms with Crippen LogP contribution >= 0.6 is 0 Å². The van der Waals surface area contributed by atoms with Crippen LogP contribution in [0.25, 0.3) is 11.0 Å². The minimum atomic E-state index is -0.283. The average Bonchev–Trinajstić information content (AvgIpc) is 2.69. The summed E-state index contributed by atoms with van der Waals surface area (Å²) in [7, 11) is 0. The number of fused-ring (bicyclic) bond motifs is 1. The Labute approximate surface area is 159 Å². The Morgan fingerprint density at radius 3 is 2.52 bits per heavy atom. The topological polar surface area (TPSA) is 69.3 Å². The molecule has 3 rings (SSSR count). The van der Waals surface area contributed by atoms with E-state index in [0.717, 1.165) is 36.1 Å². The van der Waals surface area contributed by atoms with Crippen molar-refractivity contribution in [2.45, 2.75) is 20.3 Å². The summed E-state index contributed by atoms with van der Waals surface area (Å²) in [4.78, 5) is 14.7. The Hall–Kier alpha value is -3.08. The standard InChI is InChI=1S/C22H25N3O2/c1-3-25(4-2)18-11-10-17-14-19(21(23)27-20(17)15-18)22(26)24-13-12-16-8-6-5-7-9-16/h5-11,14-15,23H,3-4,12-13H2,1-2H3,(H,24,26). The van der Waals surface area contributed by atoms with E-state index >= 15 is 0 Å². The van der Waals surface area contributed by atoms with Crippen molar-refractivity contribution < 1.29 is 9.21 Å². The predicted molar refractivity (Wildman–Crippen MR) is 108 cm³/mol. The number of hydrogen-bond acceptors (Lipinski definition) is 4. The Bertz CT molecular complexity index is 976. The van der Waals surface area contributed by atoms with Gasteiger partial charge in [0, 0.05) is 36.8 Å². The van der Waals surface area contributed by atoms with Crippen LogP contribution in [0.15, 0.2) is 59.0 Å². The van der Waals surface area contributed by atoms with Crippen LogP contribution < -0.4 is 15.8 Å². The highest BCUT2D eigenvalue weighted by Crippen LogP contribution is 2.21. The van der Waals surface area contributed by atoms with Crippen molar-refractivity contribution in [3.8, 4) is 0 Å². The molecule has 2 N–H and O–H groups in total. The predicted octanol–water partition coefficient (Wildman–Crippen LogP) is 3.73. The highest BCUT2D eigenvalue weighted by atomic mass is 16.3. The van der Waals surface area contributed by atoms with E-state index in [1.165, 1.54) is 0 Å². The van der Waals surface area contributed by atoms with Gasteiger partial charge in [-0.15, -0.1) is 0 Å². The third-order valence-corrected chi connectivity index (χ3v) is 4.67. The lowest BCUT2D eigenvalue weighted by molar-refractivity contribution is 0.0950. The van der Waals surface area contributed by atoms with Crippen molar-refractivity contribution in [2.24, 2.45) is 0 Å². The zero-order valence-electron chi connectivity index (χ0n) is 15.8. The fourth-order valence-corrected chi connectivity index (χ4v) is 3.13. The molecule has 140 valence electrons. The van der Waals surface area contributed by atoms with Crippen LogP contribution in [0, 0.1) is 5.41 Å². The summed E-state index contributed by atoms with van der Waals surface area (Å²) in [5.74, 6) is -0.283. The van der Waals surface area contributed by atoms with Crippen LogP contribution in [0.2, 0.25) is 0 Å². The van der Waals surface area contributed by atoms with Gasteiger partial charge >= 0.3 is 0 Å². The third kappa shape index (κ3) is 4.37. The third-order valence-electron chi connectivity index (χ3n) is 4.67. The van der Waals surface area contributed by atoms with Crippen molar-refractivity contribution in [3.63, 3.8) is 0 Å². The second-order valence-electron chi connectivity index (χ2n) is 6.38. The maximum absolute atomic E-state index is 12.5. The first-order valence-corrected chi connectivity index (χ1v) is 9.32. The van der Waals surface area contributed by atoms with Gasteiger partial charge < -0.3 is 14.6 Å². The molecule has 27 heavy (non-hydrogen) atoms. The van der Waals surface area contributed by atoms with Crippen molar-refractivity contribution in [1.29, 1.82) is 5.41 Å². The van der Waals surface area contributed by atoms with Gasteiger partial charge in [0.1, 0.15) is 11.1 Å². The molecule has 5 heteroatoms. The molecule has 0 aliphatic heterocycles. The van der Waals surface area contributed by atoms with Gasteiger partial charge in [-0.1, -0.05) is 30.3 Å². The largest absolute Gasteiger partial charge is 0.438 e. The number of rotatable bonds is 7. The quantitative estimate of drug-likeness (QED) is 0.672. The number of amides is 1. The maximum atomic E-state index is 12.5. The number of benzene rings is 2. The van der Waals surface area contributed by atoms with E-state index in [1.54, 1.807) is 6.07 Å². The number of nitrogens with zero attached hydrogens (tertiary/aromatic N) is 1. The zero-order valence-corrected chi connectivity index (χ0v) is 15.8. The molecule has 3 aromatic rings. The van der Waals surface area contributed by atoms with E-state index in [4.69, 9.17) is 9.83 Å². The monoisotopic (exact) mass is 363 g/mol. The van der Waals surface area contributed by atoms with Crippen LogP contribution in [0.4, 0.5) is 5.69 Å². The first-order valence-electron chi connectivity index (χ1n) is 9.32. The molecular formula is C22H25N3O2. The Kier molecular flexibility index (Phi) is 5.91. The molecule has 1 heterocycles. The Morgan fingerprint density at radius 2 is 1.81 bits per heavy atom. The number of carbonyl (C=O) groups is 1. The first kappa shape index (κ1) is 18.7. The molecule has 0 aliphatic rings. The summed E-state index contributed by atoms with van der Waals surface area (Å²) in [6, 6.07) is 17.6. The molecule has 0 bridgehead atoms. The second-order valence-corrected chi connectivity index (χ2v) is 6.38. The summed E-state index contributed by atoms with van der Waals surface area (Å²) in [6.07, 6.45) is 0.748. The summed E-state index contributed by atoms with van der Waals surface area (Å²) >= 11 is 0. The van der Waals surface area contributed by atoms with E-state index in [2.05, 4.69) is 24.1 Å². The van der Waals surface area contributed by atoms with Gasteiger partial charge in [-0.2, -0.15) is 0 Å². The van der Waals surface area contributed by atoms with E-state index in [9.17, 15) is 4.79 Å². The molecule has 0 aliphatic carbocycles. The summed E-state index contributed by atoms with van der Waals surface area (Å²) in [5, 5.41) is 11.8. The van der Waals surface area contributed by atoms with E-state index < -0.39 is 0 Å². The van der Waals surface area contributed by atoms with Crippen molar-refractivity contribution in [1.82, 2.24) is 5.32 Å². The van der Waals surface area contributed by atoms with Gasteiger partial charge in [0.2, 0.25) is 5.55 Å². The van der Waals surface area contributed by atoms with Gasteiger partial charge in [0.05, 0.1) is 0 Å². The molecule has 1 amide bonds. The van der Waals surface area contributed by atoms with Gasteiger partial charge in [-0.05, 0) is 44.0 Å². The SMILES string of the molecule is CCN(CC)c1ccc2cc(C(=O)NCCc3ccccc3)c(=N)oc2c1. The zero-order chi connectivity index (χ0) is 19.2. The fourth-order valence-electron chi connectivity index (χ4n) is 3.13. The number of nitrogens with one attached hydrogen (secondary N) is 2. The lowest BCUT2D eigenvalue weighted by Gasteiger charge is -2.21. The Morgan fingerprint density at radius 1 is 1.07 bits per heavy atom. The van der Waals surface area contributed by atoms with Gasteiger partial charge in [0.15, 0.2) is 0 Å². The van der Waals surface area contributed by atoms with Gasteiger partial charge in [-0.25, -0.2) is 0 Å². The summed E-state index contributed by atoms with van der Waals surface area (Å²) < 4.78 is 5.64. The second kappa shape index (κ2) is 8.54. The van der Waals surface area contributed by atoms with Crippen molar-refractivity contribution >= 4 is 22.6 Å². The number of carbonyl (C=O) groups excluding carboxylic acids is 1. The molecule has 0 saturated carbocycles. The highest BCUT2D eigenvalue weighted by molar-refractivity contribution is 5.96. The maximum Gasteiger partial charge on any atom is 0.256 e. The molecule has 0 unspecified atom stereocenters. The van der Waals surface area contributed by atoms with Crippen LogP contribution in [0.1, 0.15) is 29.8 Å². The summed E-state index contributed by atoms with van der Waals surface area (Å²) in [6.45, 7) is 6.52. The first-order chi connectivity index (χ1) is 13.1. The van der Waals surface area contributed by atoms with Crippen molar-refractivity contribution in [2.75, 3.05) is 24.5 Å². The lowest BCUT2D eigenvalue weighted by atomic mass is 10.1. The van der Waals surface area contributed by atoms with Crippen LogP contribution in [0.3, 0.4) is 0 Å². The van der Waals surface area contributed by atoms with Crippen LogP contribution in [-0.2, 0) is 6.42 Å². The minimum absolute atomic E-state index is 0.114. The molecular weight excluding hydrogens is 338 g/mol. The van der Waals surface area contributed by atoms with Crippen LogP contribution in [-0.4, -0.2) is 25.5 Å². The summed E-state index contributed by atoms with van der Waals surface area (Å²) in [5.41, 5.74) is 2.97. The minimum Gasteiger partial charge on any atom is -0.438 e. The van der Waals surface area contributed by atoms with Crippen molar-refractivity contribution in [3.05, 3.63) is 71.3 Å². The average molecular weight is 363 g/mol. The van der Waals surface area contributed by atoms with E-state index in [-0.39, 0.29) is 17.0 Å². The van der Waals surface area contributed by atoms with E-state index in [0.29, 0.717) is 12.1 Å². The smallest absolute Gasteiger partial charge is 0.256 e. The molecule has 0 fully saturated rings. The Balaban J connectivity index is 1.76. The van der Waals surface area contributed by atoms with E-state index in [1.807, 2.05) is 48.5 Å². The van der Waals surface area contributed by atoms with Crippen LogP contribution in [0.5, 0.6) is 0 Å². The molecule has 0 atom stereocenters. The number of anilines is 1. The molecule has 0 saturated heterocycles. The lowest BCUT2D eigenvalue weighted by Crippen LogP contribution is -2.30. The molecule has 5 nitrogen and oxygen atoms in total. The molecule has 2 aromatic carbocycles. The normalized spacial score (nSPS) is 10.7. The van der Waals surface area contributed by atoms with Gasteiger partial charge in [0.25, 0.3) is 5.91 Å². The highest BCUT2D eigenvalue weighted by Gasteiger charge is 2.12.